The minimum Gasteiger partial charge on any atom is -0.303 e. The van der Waals surface area contributed by atoms with Gasteiger partial charge in [0.25, 0.3) is 0 Å². The van der Waals surface area contributed by atoms with Crippen LogP contribution in [-0.4, -0.2) is 26.5 Å². The number of aldehydes is 1. The summed E-state index contributed by atoms with van der Waals surface area (Å²) in [4.78, 5) is 11.7. The molecule has 0 amide bonds. The summed E-state index contributed by atoms with van der Waals surface area (Å²) in [5.41, 5.74) is -0.146. The Bertz CT molecular complexity index is 287. The van der Waals surface area contributed by atoms with Crippen molar-refractivity contribution in [1.29, 1.82) is 0 Å². The molecule has 0 saturated carbocycles. The Hall–Kier alpha value is -1.26. The Kier molecular flexibility index (Phi) is 2.75. The van der Waals surface area contributed by atoms with Crippen molar-refractivity contribution in [1.82, 2.24) is 20.2 Å². The average Bonchev–Trinajstić information content (AvgIpc) is 2.47. The molecule has 0 aliphatic heterocycles. The Morgan fingerprint density at radius 1 is 1.46 bits per heavy atom. The van der Waals surface area contributed by atoms with Crippen LogP contribution in [0, 0.1) is 0 Å². The highest BCUT2D eigenvalue weighted by atomic mass is 16.1. The number of hydrogen-bond donors (Lipinski definition) is 0. The number of aromatic nitrogens is 4. The van der Waals surface area contributed by atoms with E-state index in [0.29, 0.717) is 18.7 Å². The zero-order valence-corrected chi connectivity index (χ0v) is 8.19. The third-order valence-corrected chi connectivity index (χ3v) is 1.54. The minimum atomic E-state index is -0.146. The maximum atomic E-state index is 10.1. The first kappa shape index (κ1) is 9.83. The van der Waals surface area contributed by atoms with Crippen molar-refractivity contribution in [2.45, 2.75) is 39.2 Å². The molecule has 0 fully saturated rings. The van der Waals surface area contributed by atoms with Crippen molar-refractivity contribution in [2.24, 2.45) is 0 Å². The largest absolute Gasteiger partial charge is 0.303 e. The fraction of sp³-hybridized carbons (Fsp3) is 0.750. The lowest BCUT2D eigenvalue weighted by Crippen LogP contribution is -2.24. The molecular weight excluding hydrogens is 168 g/mol. The Balaban J connectivity index is 2.69. The van der Waals surface area contributed by atoms with E-state index in [9.17, 15) is 4.79 Å². The molecular formula is C8H14N4O. The predicted octanol–water partition coefficient (Wildman–Crippen LogP) is 0.560. The van der Waals surface area contributed by atoms with Gasteiger partial charge in [0.05, 0.1) is 5.54 Å². The molecule has 5 heteroatoms. The Labute approximate surface area is 77.1 Å². The van der Waals surface area contributed by atoms with E-state index in [0.717, 1.165) is 6.29 Å². The summed E-state index contributed by atoms with van der Waals surface area (Å²) in [5.74, 6) is 0.627. The second-order valence-corrected chi connectivity index (χ2v) is 3.87. The summed E-state index contributed by atoms with van der Waals surface area (Å²) in [5, 5.41) is 11.9. The zero-order valence-electron chi connectivity index (χ0n) is 8.19. The molecule has 0 atom stereocenters. The lowest BCUT2D eigenvalue weighted by atomic mass is 10.1. The van der Waals surface area contributed by atoms with E-state index in [-0.39, 0.29) is 5.54 Å². The Morgan fingerprint density at radius 2 is 2.15 bits per heavy atom. The molecule has 0 unspecified atom stereocenters. The first-order valence-corrected chi connectivity index (χ1v) is 4.27. The number of rotatable bonds is 3. The third-order valence-electron chi connectivity index (χ3n) is 1.54. The van der Waals surface area contributed by atoms with Gasteiger partial charge in [-0.1, -0.05) is 0 Å². The molecule has 0 N–H and O–H groups in total. The fourth-order valence-corrected chi connectivity index (χ4v) is 0.816. The van der Waals surface area contributed by atoms with Crippen LogP contribution < -0.4 is 0 Å². The van der Waals surface area contributed by atoms with Crippen LogP contribution in [0.3, 0.4) is 0 Å². The molecule has 1 aromatic rings. The topological polar surface area (TPSA) is 60.7 Å². The highest BCUT2D eigenvalue weighted by Gasteiger charge is 2.16. The van der Waals surface area contributed by atoms with E-state index in [1.807, 2.05) is 20.8 Å². The molecule has 72 valence electrons. The van der Waals surface area contributed by atoms with Crippen LogP contribution in [0.15, 0.2) is 0 Å². The van der Waals surface area contributed by atoms with Gasteiger partial charge >= 0.3 is 0 Å². The van der Waals surface area contributed by atoms with Gasteiger partial charge in [0, 0.05) is 12.8 Å². The quantitative estimate of drug-likeness (QED) is 0.641. The molecule has 0 aromatic carbocycles. The lowest BCUT2D eigenvalue weighted by molar-refractivity contribution is -0.107. The molecule has 0 aliphatic rings. The standard InChI is InChI=1S/C8H14N4O/c1-8(2,3)12-10-7(9-11-12)5-4-6-13/h6H,4-5H2,1-3H3. The minimum absolute atomic E-state index is 0.146. The van der Waals surface area contributed by atoms with Gasteiger partial charge in [-0.15, -0.1) is 10.2 Å². The molecule has 0 saturated heterocycles. The van der Waals surface area contributed by atoms with E-state index in [2.05, 4.69) is 15.4 Å². The maximum Gasteiger partial charge on any atom is 0.175 e. The second-order valence-electron chi connectivity index (χ2n) is 3.87. The van der Waals surface area contributed by atoms with Crippen molar-refractivity contribution in [2.75, 3.05) is 0 Å². The lowest BCUT2D eigenvalue weighted by Gasteiger charge is -2.15. The SMILES string of the molecule is CC(C)(C)n1nnc(CCC=O)n1. The van der Waals surface area contributed by atoms with Gasteiger partial charge in [-0.2, -0.15) is 4.80 Å². The second kappa shape index (κ2) is 3.64. The van der Waals surface area contributed by atoms with Crippen molar-refractivity contribution in [3.63, 3.8) is 0 Å². The summed E-state index contributed by atoms with van der Waals surface area (Å²) < 4.78 is 0. The van der Waals surface area contributed by atoms with Gasteiger partial charge in [0.15, 0.2) is 5.82 Å². The molecule has 0 radical (unpaired) electrons. The van der Waals surface area contributed by atoms with E-state index < -0.39 is 0 Å². The monoisotopic (exact) mass is 182 g/mol. The number of carbonyl (C=O) groups is 1. The average molecular weight is 182 g/mol. The molecule has 5 nitrogen and oxygen atoms in total. The van der Waals surface area contributed by atoms with Gasteiger partial charge in [-0.25, -0.2) is 0 Å². The van der Waals surface area contributed by atoms with Crippen molar-refractivity contribution in [3.05, 3.63) is 5.82 Å². The summed E-state index contributed by atoms with van der Waals surface area (Å²) in [6.45, 7) is 5.99. The number of aryl methyl sites for hydroxylation is 1. The third kappa shape index (κ3) is 2.61. The summed E-state index contributed by atoms with van der Waals surface area (Å²) in [6, 6.07) is 0. The first-order valence-electron chi connectivity index (χ1n) is 4.27. The van der Waals surface area contributed by atoms with E-state index in [1.165, 1.54) is 0 Å². The van der Waals surface area contributed by atoms with E-state index >= 15 is 0 Å². The summed E-state index contributed by atoms with van der Waals surface area (Å²) in [6.07, 6.45) is 1.88. The van der Waals surface area contributed by atoms with Crippen molar-refractivity contribution >= 4 is 6.29 Å². The number of nitrogens with zero attached hydrogens (tertiary/aromatic N) is 4. The van der Waals surface area contributed by atoms with Crippen LogP contribution in [0.25, 0.3) is 0 Å². The van der Waals surface area contributed by atoms with Gasteiger partial charge in [-0.05, 0) is 26.0 Å². The number of hydrogen-bond acceptors (Lipinski definition) is 4. The van der Waals surface area contributed by atoms with Gasteiger partial charge in [0.2, 0.25) is 0 Å². The van der Waals surface area contributed by atoms with Gasteiger partial charge < -0.3 is 4.79 Å². The van der Waals surface area contributed by atoms with Crippen LogP contribution in [-0.2, 0) is 16.8 Å². The fourth-order valence-electron chi connectivity index (χ4n) is 0.816. The van der Waals surface area contributed by atoms with Gasteiger partial charge in [0.1, 0.15) is 6.29 Å². The predicted molar refractivity (Wildman–Crippen MR) is 47.2 cm³/mol. The molecule has 1 heterocycles. The summed E-state index contributed by atoms with van der Waals surface area (Å²) >= 11 is 0. The van der Waals surface area contributed by atoms with Crippen LogP contribution in [0.5, 0.6) is 0 Å². The van der Waals surface area contributed by atoms with Crippen LogP contribution >= 0.6 is 0 Å². The smallest absolute Gasteiger partial charge is 0.175 e. The normalized spacial score (nSPS) is 11.6. The van der Waals surface area contributed by atoms with Crippen molar-refractivity contribution in [3.8, 4) is 0 Å². The van der Waals surface area contributed by atoms with Gasteiger partial charge in [-0.3, -0.25) is 0 Å². The molecule has 0 bridgehead atoms. The molecule has 13 heavy (non-hydrogen) atoms. The molecule has 1 aromatic heterocycles. The number of carbonyl (C=O) groups excluding carboxylic acids is 1. The van der Waals surface area contributed by atoms with E-state index in [4.69, 9.17) is 0 Å². The number of tetrazole rings is 1. The van der Waals surface area contributed by atoms with Crippen molar-refractivity contribution < 1.29 is 4.79 Å². The highest BCUT2D eigenvalue weighted by molar-refractivity contribution is 5.49. The molecule has 0 spiro atoms. The van der Waals surface area contributed by atoms with Crippen LogP contribution in [0.2, 0.25) is 0 Å². The molecule has 1 rings (SSSR count). The van der Waals surface area contributed by atoms with Crippen LogP contribution in [0.1, 0.15) is 33.0 Å². The van der Waals surface area contributed by atoms with Crippen LogP contribution in [0.4, 0.5) is 0 Å². The molecule has 0 aliphatic carbocycles. The highest BCUT2D eigenvalue weighted by Crippen LogP contribution is 2.09. The zero-order chi connectivity index (χ0) is 9.90. The summed E-state index contributed by atoms with van der Waals surface area (Å²) in [7, 11) is 0. The Morgan fingerprint density at radius 3 is 2.62 bits per heavy atom. The van der Waals surface area contributed by atoms with E-state index in [1.54, 1.807) is 4.80 Å². The maximum absolute atomic E-state index is 10.1. The first-order chi connectivity index (χ1) is 6.04.